The zero-order valence-electron chi connectivity index (χ0n) is 14.7. The SMILES string of the molecule is COc1cccc(CC(=O)N2CCCC23CCCN(CCO)C3=O)c1. The molecule has 2 aliphatic heterocycles. The minimum absolute atomic E-state index is 0.00397. The third-order valence-corrected chi connectivity index (χ3v) is 5.35. The van der Waals surface area contributed by atoms with E-state index in [2.05, 4.69) is 0 Å². The van der Waals surface area contributed by atoms with Crippen molar-refractivity contribution in [2.24, 2.45) is 0 Å². The molecule has 0 aliphatic carbocycles. The molecule has 6 heteroatoms. The van der Waals surface area contributed by atoms with Crippen molar-refractivity contribution in [3.05, 3.63) is 29.8 Å². The number of hydrogen-bond acceptors (Lipinski definition) is 4. The number of amides is 2. The van der Waals surface area contributed by atoms with Crippen LogP contribution in [0.2, 0.25) is 0 Å². The fourth-order valence-corrected chi connectivity index (χ4v) is 4.18. The van der Waals surface area contributed by atoms with Crippen LogP contribution in [0.1, 0.15) is 31.2 Å². The van der Waals surface area contributed by atoms with Crippen molar-refractivity contribution in [3.63, 3.8) is 0 Å². The molecular formula is C19H26N2O4. The summed E-state index contributed by atoms with van der Waals surface area (Å²) in [6.07, 6.45) is 3.43. The number of piperidine rings is 1. The predicted octanol–water partition coefficient (Wildman–Crippen LogP) is 1.21. The Morgan fingerprint density at radius 2 is 2.04 bits per heavy atom. The number of β-amino-alcohol motifs (C(OH)–C–C–N with tert-alkyl or cyclic N) is 1. The maximum Gasteiger partial charge on any atom is 0.248 e. The largest absolute Gasteiger partial charge is 0.497 e. The lowest BCUT2D eigenvalue weighted by atomic mass is 9.85. The van der Waals surface area contributed by atoms with E-state index in [4.69, 9.17) is 4.74 Å². The second-order valence-electron chi connectivity index (χ2n) is 6.83. The quantitative estimate of drug-likeness (QED) is 0.870. The van der Waals surface area contributed by atoms with Crippen molar-refractivity contribution < 1.29 is 19.4 Å². The highest BCUT2D eigenvalue weighted by atomic mass is 16.5. The van der Waals surface area contributed by atoms with E-state index in [0.29, 0.717) is 19.6 Å². The van der Waals surface area contributed by atoms with E-state index in [1.807, 2.05) is 24.3 Å². The molecule has 1 atom stereocenters. The van der Waals surface area contributed by atoms with Gasteiger partial charge in [-0.15, -0.1) is 0 Å². The standard InChI is InChI=1S/C19H26N2O4/c1-25-16-6-2-5-15(13-16)14-17(23)21-10-4-8-19(21)7-3-9-20(11-12-22)18(19)24/h2,5-6,13,22H,3-4,7-12,14H2,1H3. The molecule has 0 saturated carbocycles. The van der Waals surface area contributed by atoms with Crippen LogP contribution < -0.4 is 4.74 Å². The first-order chi connectivity index (χ1) is 12.1. The average molecular weight is 346 g/mol. The Kier molecular flexibility index (Phi) is 5.27. The first-order valence-electron chi connectivity index (χ1n) is 8.94. The van der Waals surface area contributed by atoms with Gasteiger partial charge in [0.15, 0.2) is 0 Å². The van der Waals surface area contributed by atoms with E-state index in [1.165, 1.54) is 0 Å². The highest BCUT2D eigenvalue weighted by molar-refractivity contribution is 5.93. The fourth-order valence-electron chi connectivity index (χ4n) is 4.18. The van der Waals surface area contributed by atoms with Gasteiger partial charge in [-0.2, -0.15) is 0 Å². The summed E-state index contributed by atoms with van der Waals surface area (Å²) in [5.41, 5.74) is 0.186. The number of aliphatic hydroxyl groups excluding tert-OH is 1. The second-order valence-corrected chi connectivity index (χ2v) is 6.83. The number of nitrogens with zero attached hydrogens (tertiary/aromatic N) is 2. The second kappa shape index (κ2) is 7.44. The van der Waals surface area contributed by atoms with Crippen LogP contribution >= 0.6 is 0 Å². The fraction of sp³-hybridized carbons (Fsp3) is 0.579. The summed E-state index contributed by atoms with van der Waals surface area (Å²) in [6, 6.07) is 7.49. The molecule has 1 unspecified atom stereocenters. The van der Waals surface area contributed by atoms with E-state index in [-0.39, 0.29) is 24.8 Å². The molecule has 0 bridgehead atoms. The first kappa shape index (κ1) is 17.7. The topological polar surface area (TPSA) is 70.1 Å². The molecular weight excluding hydrogens is 320 g/mol. The summed E-state index contributed by atoms with van der Waals surface area (Å²) < 4.78 is 5.22. The van der Waals surface area contributed by atoms with Crippen molar-refractivity contribution in [2.75, 3.05) is 33.4 Å². The van der Waals surface area contributed by atoms with Crippen molar-refractivity contribution in [3.8, 4) is 5.75 Å². The molecule has 6 nitrogen and oxygen atoms in total. The van der Waals surface area contributed by atoms with Crippen molar-refractivity contribution in [1.82, 2.24) is 9.80 Å². The van der Waals surface area contributed by atoms with Gasteiger partial charge in [-0.25, -0.2) is 0 Å². The van der Waals surface area contributed by atoms with E-state index in [1.54, 1.807) is 16.9 Å². The van der Waals surface area contributed by atoms with E-state index >= 15 is 0 Å². The lowest BCUT2D eigenvalue weighted by molar-refractivity contribution is -0.155. The summed E-state index contributed by atoms with van der Waals surface area (Å²) in [5, 5.41) is 9.20. The summed E-state index contributed by atoms with van der Waals surface area (Å²) in [4.78, 5) is 29.5. The van der Waals surface area contributed by atoms with Crippen molar-refractivity contribution >= 4 is 11.8 Å². The molecule has 1 aromatic rings. The molecule has 0 radical (unpaired) electrons. The van der Waals surface area contributed by atoms with Gasteiger partial charge in [0.05, 0.1) is 20.1 Å². The van der Waals surface area contributed by atoms with Crippen LogP contribution in [-0.4, -0.2) is 65.6 Å². The minimum Gasteiger partial charge on any atom is -0.497 e. The molecule has 2 heterocycles. The van der Waals surface area contributed by atoms with Crippen LogP contribution in [0.4, 0.5) is 0 Å². The molecule has 2 fully saturated rings. The van der Waals surface area contributed by atoms with Gasteiger partial charge in [-0.1, -0.05) is 12.1 Å². The van der Waals surface area contributed by atoms with E-state index < -0.39 is 5.54 Å². The normalized spacial score (nSPS) is 23.4. The molecule has 1 spiro atoms. The smallest absolute Gasteiger partial charge is 0.248 e. The molecule has 3 rings (SSSR count). The van der Waals surface area contributed by atoms with Crippen molar-refractivity contribution in [1.29, 1.82) is 0 Å². The number of likely N-dealkylation sites (tertiary alicyclic amines) is 2. The van der Waals surface area contributed by atoms with Gasteiger partial charge in [0.25, 0.3) is 0 Å². The van der Waals surface area contributed by atoms with Gasteiger partial charge in [-0.3, -0.25) is 9.59 Å². The first-order valence-corrected chi connectivity index (χ1v) is 8.94. The van der Waals surface area contributed by atoms with Crippen LogP contribution in [-0.2, 0) is 16.0 Å². The molecule has 2 saturated heterocycles. The van der Waals surface area contributed by atoms with Gasteiger partial charge in [0.2, 0.25) is 11.8 Å². The van der Waals surface area contributed by atoms with Crippen LogP contribution in [0, 0.1) is 0 Å². The third kappa shape index (κ3) is 3.35. The average Bonchev–Trinajstić information content (AvgIpc) is 3.04. The zero-order chi connectivity index (χ0) is 17.9. The van der Waals surface area contributed by atoms with E-state index in [9.17, 15) is 14.7 Å². The maximum absolute atomic E-state index is 13.0. The highest BCUT2D eigenvalue weighted by Gasteiger charge is 2.52. The summed E-state index contributed by atoms with van der Waals surface area (Å²) in [6.45, 7) is 1.60. The van der Waals surface area contributed by atoms with Gasteiger partial charge in [0.1, 0.15) is 11.3 Å². The number of methoxy groups -OCH3 is 1. The van der Waals surface area contributed by atoms with Gasteiger partial charge < -0.3 is 19.6 Å². The van der Waals surface area contributed by atoms with Gasteiger partial charge in [-0.05, 0) is 43.4 Å². The molecule has 136 valence electrons. The van der Waals surface area contributed by atoms with Crippen LogP contribution in [0.15, 0.2) is 24.3 Å². The monoisotopic (exact) mass is 346 g/mol. The highest BCUT2D eigenvalue weighted by Crippen LogP contribution is 2.38. The number of ether oxygens (including phenoxy) is 1. The number of hydrogen-bond donors (Lipinski definition) is 1. The predicted molar refractivity (Wildman–Crippen MR) is 93.3 cm³/mol. The number of carbonyl (C=O) groups excluding carboxylic acids is 2. The lowest BCUT2D eigenvalue weighted by Crippen LogP contribution is -2.61. The number of carbonyl (C=O) groups is 2. The van der Waals surface area contributed by atoms with Crippen molar-refractivity contribution in [2.45, 2.75) is 37.6 Å². The van der Waals surface area contributed by atoms with Gasteiger partial charge in [0, 0.05) is 19.6 Å². The molecule has 25 heavy (non-hydrogen) atoms. The maximum atomic E-state index is 13.0. The molecule has 2 amide bonds. The van der Waals surface area contributed by atoms with Gasteiger partial charge >= 0.3 is 0 Å². The van der Waals surface area contributed by atoms with E-state index in [0.717, 1.165) is 37.0 Å². The third-order valence-electron chi connectivity index (χ3n) is 5.35. The Morgan fingerprint density at radius 3 is 2.76 bits per heavy atom. The minimum atomic E-state index is -0.705. The van der Waals surface area contributed by atoms with Crippen LogP contribution in [0.5, 0.6) is 5.75 Å². The Hall–Kier alpha value is -2.08. The Labute approximate surface area is 148 Å². The summed E-state index contributed by atoms with van der Waals surface area (Å²) >= 11 is 0. The molecule has 0 aromatic heterocycles. The van der Waals surface area contributed by atoms with Crippen LogP contribution in [0.25, 0.3) is 0 Å². The molecule has 1 N–H and O–H groups in total. The Bertz CT molecular complexity index is 646. The summed E-state index contributed by atoms with van der Waals surface area (Å²) in [5.74, 6) is 0.721. The molecule has 2 aliphatic rings. The number of aliphatic hydroxyl groups is 1. The lowest BCUT2D eigenvalue weighted by Gasteiger charge is -2.44. The summed E-state index contributed by atoms with van der Waals surface area (Å²) in [7, 11) is 1.60. The molecule has 1 aromatic carbocycles. The Balaban J connectivity index is 1.78. The zero-order valence-corrected chi connectivity index (χ0v) is 14.7. The number of benzene rings is 1. The number of rotatable bonds is 5. The van der Waals surface area contributed by atoms with Crippen LogP contribution in [0.3, 0.4) is 0 Å². The Morgan fingerprint density at radius 1 is 1.28 bits per heavy atom.